The van der Waals surface area contributed by atoms with Gasteiger partial charge in [0.05, 0.1) is 18.1 Å². The first-order valence-electron chi connectivity index (χ1n) is 3.98. The van der Waals surface area contributed by atoms with Gasteiger partial charge in [0.1, 0.15) is 5.82 Å². The molecule has 4 heteroatoms. The smallest absolute Gasteiger partial charge is 0.213 e. The van der Waals surface area contributed by atoms with Crippen LogP contribution in [-0.2, 0) is 7.05 Å². The van der Waals surface area contributed by atoms with Crippen LogP contribution in [0, 0.1) is 0 Å². The average molecular weight is 177 g/mol. The number of fused-ring (bicyclic) bond motifs is 1. The summed E-state index contributed by atoms with van der Waals surface area (Å²) in [4.78, 5) is 4.25. The van der Waals surface area contributed by atoms with Crippen LogP contribution >= 0.6 is 0 Å². The summed E-state index contributed by atoms with van der Waals surface area (Å²) in [5.41, 5.74) is 7.60. The van der Waals surface area contributed by atoms with Crippen LogP contribution in [0.2, 0.25) is 0 Å². The van der Waals surface area contributed by atoms with E-state index in [1.165, 1.54) is 0 Å². The summed E-state index contributed by atoms with van der Waals surface area (Å²) in [6, 6.07) is 5.59. The van der Waals surface area contributed by atoms with Crippen LogP contribution in [0.3, 0.4) is 0 Å². The second-order valence-electron chi connectivity index (χ2n) is 2.89. The minimum atomic E-state index is 0.609. The van der Waals surface area contributed by atoms with E-state index >= 15 is 0 Å². The number of aryl methyl sites for hydroxylation is 1. The van der Waals surface area contributed by atoms with Crippen LogP contribution in [0.1, 0.15) is 0 Å². The van der Waals surface area contributed by atoms with Crippen molar-refractivity contribution in [2.24, 2.45) is 7.05 Å². The van der Waals surface area contributed by atoms with Gasteiger partial charge in [-0.15, -0.1) is 0 Å². The molecule has 0 aromatic carbocycles. The third-order valence-electron chi connectivity index (χ3n) is 2.12. The van der Waals surface area contributed by atoms with Crippen molar-refractivity contribution in [3.05, 3.63) is 18.2 Å². The van der Waals surface area contributed by atoms with E-state index in [4.69, 9.17) is 10.5 Å². The zero-order valence-corrected chi connectivity index (χ0v) is 7.61. The van der Waals surface area contributed by atoms with E-state index < -0.39 is 0 Å². The van der Waals surface area contributed by atoms with Crippen molar-refractivity contribution in [1.29, 1.82) is 0 Å². The number of nitrogens with two attached hydrogens (primary N) is 1. The van der Waals surface area contributed by atoms with E-state index in [2.05, 4.69) is 4.98 Å². The van der Waals surface area contributed by atoms with E-state index in [-0.39, 0.29) is 0 Å². The van der Waals surface area contributed by atoms with Gasteiger partial charge >= 0.3 is 0 Å². The maximum Gasteiger partial charge on any atom is 0.213 e. The zero-order valence-electron chi connectivity index (χ0n) is 7.61. The number of rotatable bonds is 1. The van der Waals surface area contributed by atoms with Crippen molar-refractivity contribution in [2.75, 3.05) is 12.8 Å². The second kappa shape index (κ2) is 2.65. The highest BCUT2D eigenvalue weighted by atomic mass is 16.5. The molecule has 68 valence electrons. The van der Waals surface area contributed by atoms with Crippen molar-refractivity contribution in [1.82, 2.24) is 9.55 Å². The fourth-order valence-electron chi connectivity index (χ4n) is 1.33. The van der Waals surface area contributed by atoms with Crippen molar-refractivity contribution >= 4 is 16.9 Å². The molecule has 0 atom stereocenters. The van der Waals surface area contributed by atoms with Crippen molar-refractivity contribution in [2.45, 2.75) is 0 Å². The maximum absolute atomic E-state index is 5.73. The molecular weight excluding hydrogens is 166 g/mol. The number of anilines is 1. The average Bonchev–Trinajstić information content (AvgIpc) is 2.42. The Morgan fingerprint density at radius 2 is 2.23 bits per heavy atom. The van der Waals surface area contributed by atoms with Gasteiger partial charge in [0.25, 0.3) is 0 Å². The van der Waals surface area contributed by atoms with Gasteiger partial charge in [-0.3, -0.25) is 0 Å². The Morgan fingerprint density at radius 3 is 2.92 bits per heavy atom. The van der Waals surface area contributed by atoms with Crippen LogP contribution in [-0.4, -0.2) is 16.7 Å². The van der Waals surface area contributed by atoms with E-state index in [1.54, 1.807) is 7.11 Å². The quantitative estimate of drug-likeness (QED) is 0.711. The monoisotopic (exact) mass is 177 g/mol. The molecule has 0 aliphatic rings. The molecular formula is C9H11N3O. The molecule has 2 aromatic heterocycles. The number of hydrogen-bond acceptors (Lipinski definition) is 3. The van der Waals surface area contributed by atoms with E-state index in [9.17, 15) is 0 Å². The molecule has 0 aliphatic carbocycles. The first-order valence-corrected chi connectivity index (χ1v) is 3.98. The molecule has 0 unspecified atom stereocenters. The van der Waals surface area contributed by atoms with Gasteiger partial charge in [-0.05, 0) is 6.07 Å². The lowest BCUT2D eigenvalue weighted by molar-refractivity contribution is 0.399. The predicted molar refractivity (Wildman–Crippen MR) is 51.7 cm³/mol. The highest BCUT2D eigenvalue weighted by Crippen LogP contribution is 2.20. The number of ether oxygens (including phenoxy) is 1. The molecule has 0 radical (unpaired) electrons. The molecule has 0 saturated heterocycles. The first-order chi connectivity index (χ1) is 6.22. The summed E-state index contributed by atoms with van der Waals surface area (Å²) in [7, 11) is 3.51. The number of hydrogen-bond donors (Lipinski definition) is 1. The minimum Gasteiger partial charge on any atom is -0.481 e. The minimum absolute atomic E-state index is 0.609. The van der Waals surface area contributed by atoms with Crippen LogP contribution in [0.25, 0.3) is 11.0 Å². The van der Waals surface area contributed by atoms with Gasteiger partial charge in [0.15, 0.2) is 0 Å². The molecule has 2 aromatic rings. The Morgan fingerprint density at radius 1 is 1.46 bits per heavy atom. The Kier molecular flexibility index (Phi) is 1.62. The fraction of sp³-hybridized carbons (Fsp3) is 0.222. The molecule has 0 bridgehead atoms. The van der Waals surface area contributed by atoms with Gasteiger partial charge < -0.3 is 15.0 Å². The van der Waals surface area contributed by atoms with Crippen LogP contribution in [0.4, 0.5) is 5.82 Å². The van der Waals surface area contributed by atoms with Crippen molar-refractivity contribution in [3.8, 4) is 5.88 Å². The Bertz CT molecular complexity index is 447. The Hall–Kier alpha value is -1.71. The van der Waals surface area contributed by atoms with Crippen LogP contribution in [0.15, 0.2) is 18.2 Å². The molecule has 0 aliphatic heterocycles. The summed E-state index contributed by atoms with van der Waals surface area (Å²) in [6.07, 6.45) is 0. The van der Waals surface area contributed by atoms with Crippen molar-refractivity contribution < 1.29 is 4.74 Å². The van der Waals surface area contributed by atoms with Gasteiger partial charge in [0, 0.05) is 19.2 Å². The standard InChI is InChI=1S/C9H11N3O/c1-12-7-3-4-9(13-2)11-6(7)5-8(12)10/h3-5H,10H2,1-2H3. The lowest BCUT2D eigenvalue weighted by atomic mass is 10.4. The third kappa shape index (κ3) is 1.11. The molecule has 0 spiro atoms. The van der Waals surface area contributed by atoms with Gasteiger partial charge in [-0.1, -0.05) is 0 Å². The second-order valence-corrected chi connectivity index (χ2v) is 2.89. The van der Waals surface area contributed by atoms with Gasteiger partial charge in [-0.25, -0.2) is 4.98 Å². The lowest BCUT2D eigenvalue weighted by Crippen LogP contribution is -1.94. The number of methoxy groups -OCH3 is 1. The molecule has 4 nitrogen and oxygen atoms in total. The molecule has 2 heterocycles. The number of nitrogen functional groups attached to an aromatic ring is 1. The highest BCUT2D eigenvalue weighted by Gasteiger charge is 2.04. The van der Waals surface area contributed by atoms with E-state index in [0.29, 0.717) is 11.7 Å². The zero-order chi connectivity index (χ0) is 9.42. The highest BCUT2D eigenvalue weighted by molar-refractivity contribution is 5.81. The molecule has 0 fully saturated rings. The Labute approximate surface area is 75.9 Å². The number of nitrogens with zero attached hydrogens (tertiary/aromatic N) is 2. The van der Waals surface area contributed by atoms with Crippen LogP contribution in [0.5, 0.6) is 5.88 Å². The van der Waals surface area contributed by atoms with Crippen molar-refractivity contribution in [3.63, 3.8) is 0 Å². The van der Waals surface area contributed by atoms with Gasteiger partial charge in [0.2, 0.25) is 5.88 Å². The molecule has 2 rings (SSSR count). The van der Waals surface area contributed by atoms with Gasteiger partial charge in [-0.2, -0.15) is 0 Å². The van der Waals surface area contributed by atoms with Crippen LogP contribution < -0.4 is 10.5 Å². The van der Waals surface area contributed by atoms with E-state index in [1.807, 2.05) is 29.8 Å². The Balaban J connectivity index is 2.73. The molecule has 2 N–H and O–H groups in total. The molecule has 0 saturated carbocycles. The normalized spacial score (nSPS) is 10.6. The molecule has 13 heavy (non-hydrogen) atoms. The number of pyridine rings is 1. The maximum atomic E-state index is 5.73. The summed E-state index contributed by atoms with van der Waals surface area (Å²) in [5.74, 6) is 1.31. The SMILES string of the molecule is COc1ccc2c(cc(N)n2C)n1. The largest absolute Gasteiger partial charge is 0.481 e. The lowest BCUT2D eigenvalue weighted by Gasteiger charge is -1.99. The summed E-state index contributed by atoms with van der Waals surface area (Å²) < 4.78 is 6.90. The first kappa shape index (κ1) is 7.91. The van der Waals surface area contributed by atoms with E-state index in [0.717, 1.165) is 11.0 Å². The molecule has 0 amide bonds. The topological polar surface area (TPSA) is 53.1 Å². The summed E-state index contributed by atoms with van der Waals surface area (Å²) >= 11 is 0. The third-order valence-corrected chi connectivity index (χ3v) is 2.12. The summed E-state index contributed by atoms with van der Waals surface area (Å²) in [6.45, 7) is 0. The fourth-order valence-corrected chi connectivity index (χ4v) is 1.33. The summed E-state index contributed by atoms with van der Waals surface area (Å²) in [5, 5.41) is 0. The number of aromatic nitrogens is 2. The predicted octanol–water partition coefficient (Wildman–Crippen LogP) is 1.16.